The molecule has 0 saturated carbocycles. The molecule has 2 aliphatic heterocycles. The topological polar surface area (TPSA) is 56.3 Å². The van der Waals surface area contributed by atoms with Crippen molar-refractivity contribution >= 4 is 34.9 Å². The number of aromatic nitrogens is 2. The Balaban J connectivity index is 1.35. The van der Waals surface area contributed by atoms with Gasteiger partial charge in [0, 0.05) is 38.8 Å². The molecule has 1 fully saturated rings. The molecule has 2 aromatic carbocycles. The third kappa shape index (κ3) is 5.30. The molecule has 176 valence electrons. The van der Waals surface area contributed by atoms with Crippen LogP contribution in [0, 0.1) is 12.8 Å². The van der Waals surface area contributed by atoms with Gasteiger partial charge in [-0.3, -0.25) is 0 Å². The first-order valence-electron chi connectivity index (χ1n) is 12.1. The van der Waals surface area contributed by atoms with Crippen LogP contribution in [0.3, 0.4) is 0 Å². The second-order valence-corrected chi connectivity index (χ2v) is 9.93. The third-order valence-electron chi connectivity index (χ3n) is 6.64. The first kappa shape index (κ1) is 22.6. The van der Waals surface area contributed by atoms with Crippen LogP contribution < -0.4 is 20.4 Å². The van der Waals surface area contributed by atoms with Gasteiger partial charge in [-0.15, -0.1) is 0 Å². The summed E-state index contributed by atoms with van der Waals surface area (Å²) in [6, 6.07) is 19.2. The molecule has 0 amide bonds. The summed E-state index contributed by atoms with van der Waals surface area (Å²) in [5, 5.41) is 7.06. The number of fused-ring (bicyclic) bond motifs is 1. The summed E-state index contributed by atoms with van der Waals surface area (Å²) in [6.07, 6.45) is 2.46. The van der Waals surface area contributed by atoms with Gasteiger partial charge in [-0.25, -0.2) is 0 Å². The minimum absolute atomic E-state index is 0.528. The molecule has 6 nitrogen and oxygen atoms in total. The smallest absolute Gasteiger partial charge is 0.232 e. The van der Waals surface area contributed by atoms with E-state index in [-0.39, 0.29) is 0 Å². The Labute approximate surface area is 207 Å². The summed E-state index contributed by atoms with van der Waals surface area (Å²) >= 11 is 5.58. The lowest BCUT2D eigenvalue weighted by atomic mass is 10.0. The van der Waals surface area contributed by atoms with Gasteiger partial charge in [0.05, 0.1) is 0 Å². The fourth-order valence-corrected chi connectivity index (χ4v) is 4.89. The van der Waals surface area contributed by atoms with Gasteiger partial charge < -0.3 is 20.4 Å². The average Bonchev–Trinajstić information content (AvgIpc) is 3.28. The SMILES string of the molecule is Cc1ccc(CNC(=S)Nc2nc(N3Cc4ccccc4C3)cc(N3CCC[C@@H](C)C3)n2)cc1. The molecule has 3 heterocycles. The predicted octanol–water partition coefficient (Wildman–Crippen LogP) is 5.03. The Bertz CT molecular complexity index is 1140. The number of thiocarbonyl (C=S) groups is 1. The van der Waals surface area contributed by atoms with E-state index in [4.69, 9.17) is 22.2 Å². The molecule has 2 N–H and O–H groups in total. The second kappa shape index (κ2) is 9.97. The number of nitrogens with zero attached hydrogens (tertiary/aromatic N) is 4. The molecule has 5 rings (SSSR count). The number of aryl methyl sites for hydroxylation is 1. The van der Waals surface area contributed by atoms with Crippen molar-refractivity contribution < 1.29 is 0 Å². The molecule has 0 spiro atoms. The van der Waals surface area contributed by atoms with Crippen LogP contribution in [-0.4, -0.2) is 28.2 Å². The fourth-order valence-electron chi connectivity index (χ4n) is 4.73. The molecule has 1 aromatic heterocycles. The molecule has 0 unspecified atom stereocenters. The number of anilines is 3. The van der Waals surface area contributed by atoms with Crippen LogP contribution in [0.2, 0.25) is 0 Å². The molecular formula is C27H32N6S. The molecular weight excluding hydrogens is 440 g/mol. The van der Waals surface area contributed by atoms with E-state index in [2.05, 4.69) is 88.9 Å². The van der Waals surface area contributed by atoms with Gasteiger partial charge >= 0.3 is 0 Å². The zero-order chi connectivity index (χ0) is 23.5. The van der Waals surface area contributed by atoms with Gasteiger partial charge in [0.1, 0.15) is 11.6 Å². The van der Waals surface area contributed by atoms with Crippen molar-refractivity contribution in [1.82, 2.24) is 15.3 Å². The zero-order valence-electron chi connectivity index (χ0n) is 19.9. The average molecular weight is 473 g/mol. The number of hydrogen-bond acceptors (Lipinski definition) is 5. The van der Waals surface area contributed by atoms with E-state index in [1.165, 1.54) is 35.1 Å². The minimum atomic E-state index is 0.528. The van der Waals surface area contributed by atoms with Crippen molar-refractivity contribution in [3.05, 3.63) is 76.9 Å². The molecule has 0 bridgehead atoms. The molecule has 0 radical (unpaired) electrons. The van der Waals surface area contributed by atoms with Crippen molar-refractivity contribution in [3.8, 4) is 0 Å². The van der Waals surface area contributed by atoms with Crippen molar-refractivity contribution in [2.75, 3.05) is 28.2 Å². The van der Waals surface area contributed by atoms with Crippen LogP contribution in [-0.2, 0) is 19.6 Å². The van der Waals surface area contributed by atoms with Crippen molar-refractivity contribution in [1.29, 1.82) is 0 Å². The van der Waals surface area contributed by atoms with E-state index in [1.807, 2.05) is 0 Å². The summed E-state index contributed by atoms with van der Waals surface area (Å²) in [4.78, 5) is 14.4. The predicted molar refractivity (Wildman–Crippen MR) is 143 cm³/mol. The molecule has 3 aromatic rings. The van der Waals surface area contributed by atoms with E-state index in [0.29, 0.717) is 23.5 Å². The van der Waals surface area contributed by atoms with Gasteiger partial charge in [-0.05, 0) is 54.6 Å². The number of benzene rings is 2. The standard InChI is InChI=1S/C27H32N6S/c1-19-9-11-21(12-10-19)15-28-27(34)31-26-29-24(32-13-5-6-20(2)16-32)14-25(30-26)33-17-22-7-3-4-8-23(22)18-33/h3-4,7-12,14,20H,5-6,13,15-18H2,1-2H3,(H2,28,29,30,31,34)/t20-/m1/s1. The summed E-state index contributed by atoms with van der Waals surface area (Å²) in [7, 11) is 0. The maximum Gasteiger partial charge on any atom is 0.232 e. The highest BCUT2D eigenvalue weighted by Gasteiger charge is 2.24. The number of nitrogens with one attached hydrogen (secondary N) is 2. The first-order chi connectivity index (χ1) is 16.5. The number of piperidine rings is 1. The van der Waals surface area contributed by atoms with Gasteiger partial charge in [0.25, 0.3) is 0 Å². The molecule has 34 heavy (non-hydrogen) atoms. The lowest BCUT2D eigenvalue weighted by Gasteiger charge is -2.32. The summed E-state index contributed by atoms with van der Waals surface area (Å²) in [5.74, 6) is 3.11. The number of hydrogen-bond donors (Lipinski definition) is 2. The van der Waals surface area contributed by atoms with Crippen LogP contribution in [0.4, 0.5) is 17.6 Å². The molecule has 2 aliphatic rings. The highest BCUT2D eigenvalue weighted by atomic mass is 32.1. The van der Waals surface area contributed by atoms with Gasteiger partial charge in [-0.1, -0.05) is 61.0 Å². The highest BCUT2D eigenvalue weighted by Crippen LogP contribution is 2.31. The fraction of sp³-hybridized carbons (Fsp3) is 0.370. The Morgan fingerprint density at radius 1 is 1.00 bits per heavy atom. The van der Waals surface area contributed by atoms with E-state index >= 15 is 0 Å². The second-order valence-electron chi connectivity index (χ2n) is 9.52. The Morgan fingerprint density at radius 2 is 1.68 bits per heavy atom. The van der Waals surface area contributed by atoms with Crippen LogP contribution in [0.15, 0.2) is 54.6 Å². The molecule has 1 atom stereocenters. The van der Waals surface area contributed by atoms with Gasteiger partial charge in [0.2, 0.25) is 5.95 Å². The van der Waals surface area contributed by atoms with Crippen LogP contribution >= 0.6 is 12.2 Å². The van der Waals surface area contributed by atoms with E-state index < -0.39 is 0 Å². The van der Waals surface area contributed by atoms with Crippen LogP contribution in [0.5, 0.6) is 0 Å². The molecule has 0 aliphatic carbocycles. The molecule has 7 heteroatoms. The highest BCUT2D eigenvalue weighted by molar-refractivity contribution is 7.80. The van der Waals surface area contributed by atoms with E-state index in [1.54, 1.807) is 0 Å². The van der Waals surface area contributed by atoms with Crippen LogP contribution in [0.25, 0.3) is 0 Å². The largest absolute Gasteiger partial charge is 0.358 e. The van der Waals surface area contributed by atoms with Crippen molar-refractivity contribution in [2.45, 2.75) is 46.3 Å². The van der Waals surface area contributed by atoms with Crippen molar-refractivity contribution in [3.63, 3.8) is 0 Å². The maximum atomic E-state index is 5.58. The minimum Gasteiger partial charge on any atom is -0.358 e. The van der Waals surface area contributed by atoms with Gasteiger partial charge in [0.15, 0.2) is 5.11 Å². The van der Waals surface area contributed by atoms with Crippen LogP contribution in [0.1, 0.15) is 42.0 Å². The first-order valence-corrected chi connectivity index (χ1v) is 12.5. The maximum absolute atomic E-state index is 5.58. The summed E-state index contributed by atoms with van der Waals surface area (Å²) in [5.41, 5.74) is 5.15. The Hall–Kier alpha value is -3.19. The Morgan fingerprint density at radius 3 is 2.35 bits per heavy atom. The quantitative estimate of drug-likeness (QED) is 0.505. The van der Waals surface area contributed by atoms with Crippen molar-refractivity contribution in [2.24, 2.45) is 5.92 Å². The normalized spacial score (nSPS) is 17.4. The van der Waals surface area contributed by atoms with E-state index in [9.17, 15) is 0 Å². The van der Waals surface area contributed by atoms with Gasteiger partial charge in [-0.2, -0.15) is 9.97 Å². The third-order valence-corrected chi connectivity index (χ3v) is 6.89. The molecule has 1 saturated heterocycles. The Kier molecular flexibility index (Phi) is 6.63. The zero-order valence-corrected chi connectivity index (χ0v) is 20.7. The van der Waals surface area contributed by atoms with E-state index in [0.717, 1.165) is 37.8 Å². The summed E-state index contributed by atoms with van der Waals surface area (Å²) in [6.45, 7) is 8.83. The lowest BCUT2D eigenvalue weighted by Crippen LogP contribution is -2.35. The monoisotopic (exact) mass is 472 g/mol. The lowest BCUT2D eigenvalue weighted by molar-refractivity contribution is 0.444. The summed E-state index contributed by atoms with van der Waals surface area (Å²) < 4.78 is 0. The number of rotatable bonds is 5.